The molecule has 1 fully saturated rings. The molecule has 0 radical (unpaired) electrons. The van der Waals surface area contributed by atoms with Crippen molar-refractivity contribution in [3.8, 4) is 0 Å². The SMILES string of the molecule is C(=CC1CCCN1)c1cccs1. The molecule has 12 heavy (non-hydrogen) atoms. The third-order valence-corrected chi connectivity index (χ3v) is 2.97. The molecule has 1 atom stereocenters. The largest absolute Gasteiger partial charge is 0.311 e. The Morgan fingerprint density at radius 2 is 2.58 bits per heavy atom. The van der Waals surface area contributed by atoms with Crippen molar-refractivity contribution in [3.05, 3.63) is 28.5 Å². The Balaban J connectivity index is 1.93. The van der Waals surface area contributed by atoms with Crippen LogP contribution in [-0.2, 0) is 0 Å². The van der Waals surface area contributed by atoms with E-state index in [1.165, 1.54) is 24.3 Å². The summed E-state index contributed by atoms with van der Waals surface area (Å²) in [5.41, 5.74) is 0. The molecular formula is C10H13NS. The maximum Gasteiger partial charge on any atom is 0.0267 e. The Bertz CT molecular complexity index is 245. The van der Waals surface area contributed by atoms with Crippen LogP contribution in [-0.4, -0.2) is 12.6 Å². The molecule has 2 heteroatoms. The zero-order chi connectivity index (χ0) is 8.23. The molecule has 64 valence electrons. The fourth-order valence-electron chi connectivity index (χ4n) is 1.47. The molecule has 0 aromatic carbocycles. The van der Waals surface area contributed by atoms with Crippen LogP contribution in [0.3, 0.4) is 0 Å². The molecule has 0 bridgehead atoms. The molecule has 0 aliphatic carbocycles. The Morgan fingerprint density at radius 3 is 3.25 bits per heavy atom. The number of hydrogen-bond acceptors (Lipinski definition) is 2. The van der Waals surface area contributed by atoms with Crippen LogP contribution in [0.5, 0.6) is 0 Å². The quantitative estimate of drug-likeness (QED) is 0.735. The molecule has 1 aromatic heterocycles. The van der Waals surface area contributed by atoms with Gasteiger partial charge in [-0.1, -0.05) is 12.1 Å². The van der Waals surface area contributed by atoms with E-state index in [4.69, 9.17) is 0 Å². The van der Waals surface area contributed by atoms with E-state index in [1.807, 2.05) is 0 Å². The van der Waals surface area contributed by atoms with Gasteiger partial charge in [-0.25, -0.2) is 0 Å². The minimum Gasteiger partial charge on any atom is -0.311 e. The zero-order valence-electron chi connectivity index (χ0n) is 6.99. The van der Waals surface area contributed by atoms with Crippen molar-refractivity contribution < 1.29 is 0 Å². The molecular weight excluding hydrogens is 166 g/mol. The van der Waals surface area contributed by atoms with Gasteiger partial charge in [0.2, 0.25) is 0 Å². The third-order valence-electron chi connectivity index (χ3n) is 2.13. The molecule has 0 saturated carbocycles. The van der Waals surface area contributed by atoms with Crippen molar-refractivity contribution in [2.24, 2.45) is 0 Å². The van der Waals surface area contributed by atoms with Gasteiger partial charge in [0.1, 0.15) is 0 Å². The molecule has 1 aliphatic heterocycles. The molecule has 1 aliphatic rings. The smallest absolute Gasteiger partial charge is 0.0267 e. The maximum absolute atomic E-state index is 3.44. The van der Waals surface area contributed by atoms with Gasteiger partial charge in [0.15, 0.2) is 0 Å². The first-order valence-corrected chi connectivity index (χ1v) is 5.28. The van der Waals surface area contributed by atoms with Gasteiger partial charge < -0.3 is 5.32 Å². The number of hydrogen-bond donors (Lipinski definition) is 1. The number of thiophene rings is 1. The fourth-order valence-corrected chi connectivity index (χ4v) is 2.10. The Hall–Kier alpha value is -0.600. The summed E-state index contributed by atoms with van der Waals surface area (Å²) in [6, 6.07) is 4.86. The standard InChI is InChI=1S/C10H13NS/c1-3-9(11-7-1)5-6-10-4-2-8-12-10/h2,4-6,8-9,11H,1,3,7H2. The molecule has 2 heterocycles. The second kappa shape index (κ2) is 3.87. The van der Waals surface area contributed by atoms with Crippen LogP contribution < -0.4 is 5.32 Å². The van der Waals surface area contributed by atoms with Gasteiger partial charge in [-0.15, -0.1) is 11.3 Å². The molecule has 1 nitrogen and oxygen atoms in total. The lowest BCUT2D eigenvalue weighted by Crippen LogP contribution is -2.17. The van der Waals surface area contributed by atoms with Crippen molar-refractivity contribution in [3.63, 3.8) is 0 Å². The minimum absolute atomic E-state index is 0.618. The highest BCUT2D eigenvalue weighted by Crippen LogP contribution is 2.13. The molecule has 0 spiro atoms. The van der Waals surface area contributed by atoms with Gasteiger partial charge in [0.25, 0.3) is 0 Å². The van der Waals surface area contributed by atoms with E-state index in [2.05, 4.69) is 35.0 Å². The van der Waals surface area contributed by atoms with Gasteiger partial charge in [-0.2, -0.15) is 0 Å². The second-order valence-corrected chi connectivity index (χ2v) is 4.06. The van der Waals surface area contributed by atoms with Crippen LogP contribution in [0.25, 0.3) is 6.08 Å². The van der Waals surface area contributed by atoms with Crippen molar-refractivity contribution in [2.75, 3.05) is 6.54 Å². The lowest BCUT2D eigenvalue weighted by molar-refractivity contribution is 0.730. The molecule has 1 saturated heterocycles. The summed E-state index contributed by atoms with van der Waals surface area (Å²) < 4.78 is 0. The average Bonchev–Trinajstić information content (AvgIpc) is 2.74. The summed E-state index contributed by atoms with van der Waals surface area (Å²) in [5.74, 6) is 0. The Morgan fingerprint density at radius 1 is 1.58 bits per heavy atom. The van der Waals surface area contributed by atoms with Crippen LogP contribution in [0.1, 0.15) is 17.7 Å². The van der Waals surface area contributed by atoms with Gasteiger partial charge >= 0.3 is 0 Å². The predicted molar refractivity (Wildman–Crippen MR) is 54.4 cm³/mol. The first-order chi connectivity index (χ1) is 5.95. The summed E-state index contributed by atoms with van der Waals surface area (Å²) >= 11 is 1.79. The van der Waals surface area contributed by atoms with E-state index >= 15 is 0 Å². The lowest BCUT2D eigenvalue weighted by atomic mass is 10.2. The van der Waals surface area contributed by atoms with Gasteiger partial charge in [-0.05, 0) is 36.9 Å². The van der Waals surface area contributed by atoms with Crippen LogP contribution in [0.4, 0.5) is 0 Å². The molecule has 1 N–H and O–H groups in total. The zero-order valence-corrected chi connectivity index (χ0v) is 7.81. The lowest BCUT2D eigenvalue weighted by Gasteiger charge is -2.00. The van der Waals surface area contributed by atoms with E-state index in [9.17, 15) is 0 Å². The van der Waals surface area contributed by atoms with Crippen LogP contribution in [0.2, 0.25) is 0 Å². The second-order valence-electron chi connectivity index (χ2n) is 3.08. The Labute approximate surface area is 77.1 Å². The normalized spacial score (nSPS) is 23.8. The van der Waals surface area contributed by atoms with Crippen molar-refractivity contribution >= 4 is 17.4 Å². The first kappa shape index (κ1) is 8.02. The van der Waals surface area contributed by atoms with E-state index in [1.54, 1.807) is 11.3 Å². The monoisotopic (exact) mass is 179 g/mol. The fraction of sp³-hybridized carbons (Fsp3) is 0.400. The molecule has 1 aromatic rings. The minimum atomic E-state index is 0.618. The van der Waals surface area contributed by atoms with Crippen molar-refractivity contribution in [1.29, 1.82) is 0 Å². The van der Waals surface area contributed by atoms with Crippen LogP contribution in [0, 0.1) is 0 Å². The van der Waals surface area contributed by atoms with E-state index in [0.29, 0.717) is 6.04 Å². The summed E-state index contributed by atoms with van der Waals surface area (Å²) in [6.07, 6.45) is 7.10. The highest BCUT2D eigenvalue weighted by atomic mass is 32.1. The molecule has 0 amide bonds. The summed E-state index contributed by atoms with van der Waals surface area (Å²) in [7, 11) is 0. The maximum atomic E-state index is 3.44. The number of rotatable bonds is 2. The topological polar surface area (TPSA) is 12.0 Å². The third kappa shape index (κ3) is 1.96. The van der Waals surface area contributed by atoms with Crippen molar-refractivity contribution in [1.82, 2.24) is 5.32 Å². The van der Waals surface area contributed by atoms with Crippen LogP contribution in [0.15, 0.2) is 23.6 Å². The van der Waals surface area contributed by atoms with Gasteiger partial charge in [-0.3, -0.25) is 0 Å². The highest BCUT2D eigenvalue weighted by Gasteiger charge is 2.09. The Kier molecular flexibility index (Phi) is 2.59. The average molecular weight is 179 g/mol. The first-order valence-electron chi connectivity index (χ1n) is 4.40. The van der Waals surface area contributed by atoms with E-state index < -0.39 is 0 Å². The summed E-state index contributed by atoms with van der Waals surface area (Å²) in [6.45, 7) is 1.18. The molecule has 1 unspecified atom stereocenters. The van der Waals surface area contributed by atoms with Gasteiger partial charge in [0.05, 0.1) is 0 Å². The molecule has 2 rings (SSSR count). The number of nitrogens with one attached hydrogen (secondary N) is 1. The summed E-state index contributed by atoms with van der Waals surface area (Å²) in [4.78, 5) is 1.35. The van der Waals surface area contributed by atoms with E-state index in [0.717, 1.165) is 0 Å². The summed E-state index contributed by atoms with van der Waals surface area (Å²) in [5, 5.41) is 5.55. The predicted octanol–water partition coefficient (Wildman–Crippen LogP) is 2.51. The van der Waals surface area contributed by atoms with Crippen LogP contribution >= 0.6 is 11.3 Å². The van der Waals surface area contributed by atoms with E-state index in [-0.39, 0.29) is 0 Å². The highest BCUT2D eigenvalue weighted by molar-refractivity contribution is 7.10. The van der Waals surface area contributed by atoms with Gasteiger partial charge in [0, 0.05) is 10.9 Å². The van der Waals surface area contributed by atoms with Crippen molar-refractivity contribution in [2.45, 2.75) is 18.9 Å².